The first kappa shape index (κ1) is 9.44. The molecule has 2 fully saturated rings. The lowest BCUT2D eigenvalue weighted by atomic mass is 10.1. The monoisotopic (exact) mass is 185 g/mol. The molecule has 0 aromatic heterocycles. The van der Waals surface area contributed by atoms with Crippen molar-refractivity contribution in [2.45, 2.75) is 37.9 Å². The zero-order valence-electron chi connectivity index (χ0n) is 8.13. The van der Waals surface area contributed by atoms with Gasteiger partial charge in [-0.3, -0.25) is 0 Å². The van der Waals surface area contributed by atoms with Gasteiger partial charge in [-0.2, -0.15) is 0 Å². The number of hydrogen-bond acceptors (Lipinski definition) is 3. The van der Waals surface area contributed by atoms with Gasteiger partial charge in [0.15, 0.2) is 0 Å². The molecular weight excluding hydrogens is 166 g/mol. The van der Waals surface area contributed by atoms with Crippen molar-refractivity contribution < 1.29 is 9.47 Å². The molecule has 2 saturated heterocycles. The van der Waals surface area contributed by atoms with Crippen molar-refractivity contribution in [1.29, 1.82) is 0 Å². The molecule has 0 aliphatic carbocycles. The van der Waals surface area contributed by atoms with Crippen LogP contribution in [0.5, 0.6) is 0 Å². The predicted octanol–water partition coefficient (Wildman–Crippen LogP) is 0.934. The Labute approximate surface area is 79.8 Å². The van der Waals surface area contributed by atoms with Crippen molar-refractivity contribution in [2.24, 2.45) is 0 Å². The second-order valence-corrected chi connectivity index (χ2v) is 3.92. The fourth-order valence-electron chi connectivity index (χ4n) is 2.02. The van der Waals surface area contributed by atoms with E-state index in [-0.39, 0.29) is 0 Å². The molecule has 0 aromatic carbocycles. The molecule has 1 unspecified atom stereocenters. The largest absolute Gasteiger partial charge is 0.381 e. The summed E-state index contributed by atoms with van der Waals surface area (Å²) in [6.07, 6.45) is 5.56. The summed E-state index contributed by atoms with van der Waals surface area (Å²) in [7, 11) is 0. The number of rotatable bonds is 2. The van der Waals surface area contributed by atoms with Crippen LogP contribution in [0.1, 0.15) is 25.7 Å². The standard InChI is InChI=1S/C10H19NO2/c1-2-10(8-11-5-1)13-9-3-6-12-7-4-9/h9-11H,1-8H2. The Hall–Kier alpha value is -0.120. The highest BCUT2D eigenvalue weighted by molar-refractivity contribution is 4.72. The molecule has 0 aromatic rings. The molecule has 0 amide bonds. The number of hydrogen-bond donors (Lipinski definition) is 1. The van der Waals surface area contributed by atoms with E-state index in [1.54, 1.807) is 0 Å². The Morgan fingerprint density at radius 3 is 2.62 bits per heavy atom. The van der Waals surface area contributed by atoms with E-state index in [9.17, 15) is 0 Å². The predicted molar refractivity (Wildman–Crippen MR) is 50.8 cm³/mol. The lowest BCUT2D eigenvalue weighted by Crippen LogP contribution is -2.39. The van der Waals surface area contributed by atoms with Crippen LogP contribution in [0.2, 0.25) is 0 Å². The smallest absolute Gasteiger partial charge is 0.0703 e. The summed E-state index contributed by atoms with van der Waals surface area (Å²) in [5.41, 5.74) is 0. The maximum atomic E-state index is 5.99. The molecule has 0 spiro atoms. The van der Waals surface area contributed by atoms with Crippen LogP contribution in [0, 0.1) is 0 Å². The quantitative estimate of drug-likeness (QED) is 0.694. The second-order valence-electron chi connectivity index (χ2n) is 3.92. The molecule has 2 aliphatic heterocycles. The van der Waals surface area contributed by atoms with E-state index in [0.717, 1.165) is 39.1 Å². The summed E-state index contributed by atoms with van der Waals surface area (Å²) in [6, 6.07) is 0. The lowest BCUT2D eigenvalue weighted by molar-refractivity contribution is -0.0736. The van der Waals surface area contributed by atoms with E-state index in [1.165, 1.54) is 12.8 Å². The molecule has 0 saturated carbocycles. The fraction of sp³-hybridized carbons (Fsp3) is 1.00. The average Bonchev–Trinajstić information content (AvgIpc) is 2.21. The van der Waals surface area contributed by atoms with Gasteiger partial charge in [-0.25, -0.2) is 0 Å². The minimum absolute atomic E-state index is 0.455. The van der Waals surface area contributed by atoms with Crippen LogP contribution < -0.4 is 5.32 Å². The zero-order valence-corrected chi connectivity index (χ0v) is 8.13. The normalized spacial score (nSPS) is 31.8. The van der Waals surface area contributed by atoms with Crippen LogP contribution in [0.3, 0.4) is 0 Å². The van der Waals surface area contributed by atoms with Gasteiger partial charge in [0, 0.05) is 19.8 Å². The van der Waals surface area contributed by atoms with Gasteiger partial charge in [0.2, 0.25) is 0 Å². The molecule has 0 bridgehead atoms. The summed E-state index contributed by atoms with van der Waals surface area (Å²) < 4.78 is 11.3. The summed E-state index contributed by atoms with van der Waals surface area (Å²) in [5.74, 6) is 0. The first-order valence-electron chi connectivity index (χ1n) is 5.39. The van der Waals surface area contributed by atoms with Gasteiger partial charge in [0.1, 0.15) is 0 Å². The zero-order chi connectivity index (χ0) is 8.93. The van der Waals surface area contributed by atoms with Crippen molar-refractivity contribution in [1.82, 2.24) is 5.32 Å². The van der Waals surface area contributed by atoms with Crippen LogP contribution in [0.15, 0.2) is 0 Å². The number of nitrogens with one attached hydrogen (secondary N) is 1. The molecule has 2 heterocycles. The van der Waals surface area contributed by atoms with E-state index < -0.39 is 0 Å². The summed E-state index contributed by atoms with van der Waals surface area (Å²) >= 11 is 0. The molecule has 13 heavy (non-hydrogen) atoms. The van der Waals surface area contributed by atoms with Gasteiger partial charge in [0.25, 0.3) is 0 Å². The van der Waals surface area contributed by atoms with E-state index in [2.05, 4.69) is 5.32 Å². The molecule has 76 valence electrons. The van der Waals surface area contributed by atoms with E-state index in [1.807, 2.05) is 0 Å². The highest BCUT2D eigenvalue weighted by atomic mass is 16.5. The Morgan fingerprint density at radius 2 is 1.92 bits per heavy atom. The van der Waals surface area contributed by atoms with Crippen molar-refractivity contribution >= 4 is 0 Å². The van der Waals surface area contributed by atoms with Crippen LogP contribution in [-0.4, -0.2) is 38.5 Å². The highest BCUT2D eigenvalue weighted by Gasteiger charge is 2.20. The third-order valence-electron chi connectivity index (χ3n) is 2.80. The van der Waals surface area contributed by atoms with Gasteiger partial charge in [-0.1, -0.05) is 0 Å². The maximum Gasteiger partial charge on any atom is 0.0703 e. The first-order chi connectivity index (χ1) is 6.45. The van der Waals surface area contributed by atoms with Gasteiger partial charge in [-0.15, -0.1) is 0 Å². The molecule has 2 aliphatic rings. The van der Waals surface area contributed by atoms with Gasteiger partial charge < -0.3 is 14.8 Å². The van der Waals surface area contributed by atoms with Crippen molar-refractivity contribution in [3.8, 4) is 0 Å². The molecule has 3 nitrogen and oxygen atoms in total. The minimum atomic E-state index is 0.455. The summed E-state index contributed by atoms with van der Waals surface area (Å²) in [5, 5.41) is 3.37. The van der Waals surface area contributed by atoms with Crippen LogP contribution in [-0.2, 0) is 9.47 Å². The van der Waals surface area contributed by atoms with Crippen LogP contribution >= 0.6 is 0 Å². The maximum absolute atomic E-state index is 5.99. The highest BCUT2D eigenvalue weighted by Crippen LogP contribution is 2.16. The number of ether oxygens (including phenoxy) is 2. The SMILES string of the molecule is C1CNCC(OC2CCOCC2)C1. The first-order valence-corrected chi connectivity index (χ1v) is 5.39. The van der Waals surface area contributed by atoms with Crippen molar-refractivity contribution in [2.75, 3.05) is 26.3 Å². The van der Waals surface area contributed by atoms with Crippen LogP contribution in [0.25, 0.3) is 0 Å². The Bertz CT molecular complexity index is 124. The summed E-state index contributed by atoms with van der Waals surface area (Å²) in [4.78, 5) is 0. The molecule has 2 rings (SSSR count). The second kappa shape index (κ2) is 4.94. The average molecular weight is 185 g/mol. The third kappa shape index (κ3) is 2.93. The molecular formula is C10H19NO2. The van der Waals surface area contributed by atoms with E-state index in [4.69, 9.17) is 9.47 Å². The van der Waals surface area contributed by atoms with E-state index in [0.29, 0.717) is 12.2 Å². The van der Waals surface area contributed by atoms with Gasteiger partial charge >= 0.3 is 0 Å². The Balaban J connectivity index is 1.69. The lowest BCUT2D eigenvalue weighted by Gasteiger charge is -2.30. The minimum Gasteiger partial charge on any atom is -0.381 e. The van der Waals surface area contributed by atoms with Crippen LogP contribution in [0.4, 0.5) is 0 Å². The number of piperidine rings is 1. The Morgan fingerprint density at radius 1 is 1.08 bits per heavy atom. The van der Waals surface area contributed by atoms with Gasteiger partial charge in [0.05, 0.1) is 12.2 Å². The fourth-order valence-corrected chi connectivity index (χ4v) is 2.02. The van der Waals surface area contributed by atoms with Crippen molar-refractivity contribution in [3.05, 3.63) is 0 Å². The van der Waals surface area contributed by atoms with E-state index >= 15 is 0 Å². The Kier molecular flexibility index (Phi) is 3.58. The van der Waals surface area contributed by atoms with Gasteiger partial charge in [-0.05, 0) is 32.2 Å². The molecule has 0 radical (unpaired) electrons. The third-order valence-corrected chi connectivity index (χ3v) is 2.80. The molecule has 1 N–H and O–H groups in total. The molecule has 3 heteroatoms. The molecule has 1 atom stereocenters. The topological polar surface area (TPSA) is 30.5 Å². The summed E-state index contributed by atoms with van der Waals surface area (Å²) in [6.45, 7) is 3.96. The van der Waals surface area contributed by atoms with Crippen molar-refractivity contribution in [3.63, 3.8) is 0 Å².